The Balaban J connectivity index is 1.72. The summed E-state index contributed by atoms with van der Waals surface area (Å²) in [6.07, 6.45) is 3.58. The van der Waals surface area contributed by atoms with Gasteiger partial charge in [0.2, 0.25) is 5.91 Å². The minimum atomic E-state index is -0.394. The number of benzene rings is 2. The molecule has 1 amide bonds. The first-order chi connectivity index (χ1) is 14.0. The standard InChI is InChI=1S/C24H29NO4/c1-16-7-9-17(10-8-16)22(15-24(27)29-3)25-23(26)14-19-6-4-5-18-13-20(28-2)11-12-21(18)19/h7-13,19,22H,4-6,14-15H2,1-3H3,(H,25,26). The molecular formula is C24H29NO4. The Morgan fingerprint density at radius 2 is 1.90 bits per heavy atom. The largest absolute Gasteiger partial charge is 0.497 e. The topological polar surface area (TPSA) is 64.6 Å². The molecule has 29 heavy (non-hydrogen) atoms. The number of hydrogen-bond acceptors (Lipinski definition) is 4. The Hall–Kier alpha value is -2.82. The predicted molar refractivity (Wildman–Crippen MR) is 112 cm³/mol. The zero-order valence-electron chi connectivity index (χ0n) is 17.4. The number of aryl methyl sites for hydroxylation is 2. The Morgan fingerprint density at radius 3 is 2.59 bits per heavy atom. The minimum Gasteiger partial charge on any atom is -0.497 e. The van der Waals surface area contributed by atoms with Gasteiger partial charge in [-0.05, 0) is 60.9 Å². The highest BCUT2D eigenvalue weighted by molar-refractivity contribution is 5.79. The zero-order valence-corrected chi connectivity index (χ0v) is 17.4. The maximum Gasteiger partial charge on any atom is 0.307 e. The van der Waals surface area contributed by atoms with E-state index in [1.807, 2.05) is 37.3 Å². The number of hydrogen-bond donors (Lipinski definition) is 1. The van der Waals surface area contributed by atoms with Gasteiger partial charge >= 0.3 is 5.97 Å². The summed E-state index contributed by atoms with van der Waals surface area (Å²) in [6.45, 7) is 2.01. The monoisotopic (exact) mass is 395 g/mol. The van der Waals surface area contributed by atoms with Gasteiger partial charge in [0.25, 0.3) is 0 Å². The lowest BCUT2D eigenvalue weighted by Gasteiger charge is -2.26. The molecule has 1 aliphatic carbocycles. The Bertz CT molecular complexity index is 860. The molecule has 2 aromatic rings. The van der Waals surface area contributed by atoms with Crippen molar-refractivity contribution in [3.63, 3.8) is 0 Å². The van der Waals surface area contributed by atoms with E-state index < -0.39 is 6.04 Å². The van der Waals surface area contributed by atoms with Crippen LogP contribution in [0.1, 0.15) is 59.9 Å². The van der Waals surface area contributed by atoms with E-state index in [1.165, 1.54) is 18.2 Å². The number of rotatable bonds is 7. The third-order valence-electron chi connectivity index (χ3n) is 5.63. The predicted octanol–water partition coefficient (Wildman–Crippen LogP) is 4.23. The maximum absolute atomic E-state index is 12.9. The van der Waals surface area contributed by atoms with Gasteiger partial charge in [0.05, 0.1) is 26.7 Å². The van der Waals surface area contributed by atoms with Crippen molar-refractivity contribution in [1.82, 2.24) is 5.32 Å². The van der Waals surface area contributed by atoms with Crippen molar-refractivity contribution in [3.05, 3.63) is 64.7 Å². The second kappa shape index (κ2) is 9.59. The fourth-order valence-electron chi connectivity index (χ4n) is 4.01. The van der Waals surface area contributed by atoms with Crippen LogP contribution in [-0.4, -0.2) is 26.1 Å². The summed E-state index contributed by atoms with van der Waals surface area (Å²) in [6, 6.07) is 13.6. The summed E-state index contributed by atoms with van der Waals surface area (Å²) in [7, 11) is 3.03. The molecule has 5 heteroatoms. The average molecular weight is 395 g/mol. The van der Waals surface area contributed by atoms with Gasteiger partial charge in [0.15, 0.2) is 0 Å². The highest BCUT2D eigenvalue weighted by Gasteiger charge is 2.25. The van der Waals surface area contributed by atoms with Crippen LogP contribution in [0.15, 0.2) is 42.5 Å². The number of carbonyl (C=O) groups excluding carboxylic acids is 2. The average Bonchev–Trinajstić information content (AvgIpc) is 2.73. The SMILES string of the molecule is COC(=O)CC(NC(=O)CC1CCCc2cc(OC)ccc21)c1ccc(C)cc1. The molecular weight excluding hydrogens is 366 g/mol. The second-order valence-electron chi connectivity index (χ2n) is 7.67. The highest BCUT2D eigenvalue weighted by atomic mass is 16.5. The van der Waals surface area contributed by atoms with Crippen molar-refractivity contribution in [2.24, 2.45) is 0 Å². The van der Waals surface area contributed by atoms with Crippen molar-refractivity contribution >= 4 is 11.9 Å². The van der Waals surface area contributed by atoms with Crippen LogP contribution in [-0.2, 0) is 20.7 Å². The molecule has 0 fully saturated rings. The summed E-state index contributed by atoms with van der Waals surface area (Å²) in [5.41, 5.74) is 4.53. The molecule has 0 radical (unpaired) electrons. The molecule has 0 aromatic heterocycles. The summed E-state index contributed by atoms with van der Waals surface area (Å²) in [5.74, 6) is 0.645. The molecule has 0 saturated heterocycles. The quantitative estimate of drug-likeness (QED) is 0.713. The van der Waals surface area contributed by atoms with Crippen LogP contribution < -0.4 is 10.1 Å². The van der Waals surface area contributed by atoms with Gasteiger partial charge in [-0.1, -0.05) is 35.9 Å². The van der Waals surface area contributed by atoms with Crippen LogP contribution in [0.5, 0.6) is 5.75 Å². The normalized spacial score (nSPS) is 16.4. The van der Waals surface area contributed by atoms with Gasteiger partial charge in [0.1, 0.15) is 5.75 Å². The number of carbonyl (C=O) groups is 2. The van der Waals surface area contributed by atoms with Gasteiger partial charge in [-0.25, -0.2) is 0 Å². The molecule has 0 saturated carbocycles. The lowest BCUT2D eigenvalue weighted by Crippen LogP contribution is -2.32. The number of nitrogens with one attached hydrogen (secondary N) is 1. The molecule has 0 spiro atoms. The third-order valence-corrected chi connectivity index (χ3v) is 5.63. The van der Waals surface area contributed by atoms with Crippen LogP contribution in [0.3, 0.4) is 0 Å². The number of ether oxygens (including phenoxy) is 2. The summed E-state index contributed by atoms with van der Waals surface area (Å²) < 4.78 is 10.2. The Kier molecular flexibility index (Phi) is 6.91. The van der Waals surface area contributed by atoms with Crippen LogP contribution in [0.25, 0.3) is 0 Å². The molecule has 1 N–H and O–H groups in total. The van der Waals surface area contributed by atoms with Crippen molar-refractivity contribution in [1.29, 1.82) is 0 Å². The third kappa shape index (κ3) is 5.37. The van der Waals surface area contributed by atoms with E-state index in [-0.39, 0.29) is 24.2 Å². The van der Waals surface area contributed by atoms with Crippen molar-refractivity contribution < 1.29 is 19.1 Å². The fraction of sp³-hybridized carbons (Fsp3) is 0.417. The van der Waals surface area contributed by atoms with E-state index in [2.05, 4.69) is 17.4 Å². The van der Waals surface area contributed by atoms with E-state index in [1.54, 1.807) is 7.11 Å². The molecule has 0 aliphatic heterocycles. The molecule has 2 atom stereocenters. The second-order valence-corrected chi connectivity index (χ2v) is 7.67. The van der Waals surface area contributed by atoms with Crippen molar-refractivity contribution in [3.8, 4) is 5.75 Å². The molecule has 0 heterocycles. The van der Waals surface area contributed by atoms with E-state index in [0.29, 0.717) is 6.42 Å². The summed E-state index contributed by atoms with van der Waals surface area (Å²) in [5, 5.41) is 3.05. The van der Waals surface area contributed by atoms with Crippen LogP contribution >= 0.6 is 0 Å². The maximum atomic E-state index is 12.9. The smallest absolute Gasteiger partial charge is 0.307 e. The summed E-state index contributed by atoms with van der Waals surface area (Å²) in [4.78, 5) is 24.7. The van der Waals surface area contributed by atoms with Crippen LogP contribution in [0.2, 0.25) is 0 Å². The fourth-order valence-corrected chi connectivity index (χ4v) is 4.01. The van der Waals surface area contributed by atoms with E-state index in [0.717, 1.165) is 36.1 Å². The zero-order chi connectivity index (χ0) is 20.8. The van der Waals surface area contributed by atoms with Gasteiger partial charge < -0.3 is 14.8 Å². The van der Waals surface area contributed by atoms with Gasteiger partial charge in [-0.3, -0.25) is 9.59 Å². The molecule has 2 aromatic carbocycles. The molecule has 5 nitrogen and oxygen atoms in total. The minimum absolute atomic E-state index is 0.0480. The number of fused-ring (bicyclic) bond motifs is 1. The first kappa shape index (κ1) is 20.9. The number of methoxy groups -OCH3 is 2. The van der Waals surface area contributed by atoms with Gasteiger partial charge in [-0.2, -0.15) is 0 Å². The first-order valence-electron chi connectivity index (χ1n) is 10.1. The van der Waals surface area contributed by atoms with E-state index in [4.69, 9.17) is 9.47 Å². The van der Waals surface area contributed by atoms with E-state index in [9.17, 15) is 9.59 Å². The van der Waals surface area contributed by atoms with Crippen molar-refractivity contribution in [2.45, 2.75) is 51.0 Å². The molecule has 3 rings (SSSR count). The molecule has 154 valence electrons. The van der Waals surface area contributed by atoms with Crippen LogP contribution in [0, 0.1) is 6.92 Å². The van der Waals surface area contributed by atoms with Gasteiger partial charge in [-0.15, -0.1) is 0 Å². The summed E-state index contributed by atoms with van der Waals surface area (Å²) >= 11 is 0. The van der Waals surface area contributed by atoms with Crippen molar-refractivity contribution in [2.75, 3.05) is 14.2 Å². The molecule has 2 unspecified atom stereocenters. The van der Waals surface area contributed by atoms with Gasteiger partial charge in [0, 0.05) is 6.42 Å². The van der Waals surface area contributed by atoms with E-state index >= 15 is 0 Å². The molecule has 0 bridgehead atoms. The lowest BCUT2D eigenvalue weighted by atomic mass is 9.80. The Labute approximate surface area is 172 Å². The Morgan fingerprint density at radius 1 is 1.14 bits per heavy atom. The lowest BCUT2D eigenvalue weighted by molar-refractivity contribution is -0.141. The van der Waals surface area contributed by atoms with Crippen LogP contribution in [0.4, 0.5) is 0 Å². The molecule has 1 aliphatic rings. The number of amides is 1. The first-order valence-corrected chi connectivity index (χ1v) is 10.1. The highest BCUT2D eigenvalue weighted by Crippen LogP contribution is 2.36. The number of esters is 1.